The Morgan fingerprint density at radius 2 is 1.84 bits per heavy atom. The van der Waals surface area contributed by atoms with Gasteiger partial charge in [0.2, 0.25) is 5.91 Å². The molecular formula is C28H25FN6O2. The molecule has 0 fully saturated rings. The summed E-state index contributed by atoms with van der Waals surface area (Å²) in [5.74, 6) is -1.57. The monoisotopic (exact) mass is 496 g/mol. The molecule has 0 unspecified atom stereocenters. The van der Waals surface area contributed by atoms with Crippen molar-refractivity contribution in [2.75, 3.05) is 11.1 Å². The summed E-state index contributed by atoms with van der Waals surface area (Å²) >= 11 is 0. The smallest absolute Gasteiger partial charge is 0.255 e. The molecule has 5 N–H and O–H groups in total. The van der Waals surface area contributed by atoms with E-state index in [0.29, 0.717) is 16.8 Å². The lowest BCUT2D eigenvalue weighted by Crippen LogP contribution is -2.17. The largest absolute Gasteiger partial charge is 0.383 e. The molecule has 0 saturated heterocycles. The first-order valence-corrected chi connectivity index (χ1v) is 11.5. The van der Waals surface area contributed by atoms with Crippen molar-refractivity contribution in [3.8, 4) is 17.2 Å². The van der Waals surface area contributed by atoms with E-state index in [9.17, 15) is 14.9 Å². The van der Waals surface area contributed by atoms with Gasteiger partial charge in [-0.1, -0.05) is 18.2 Å². The summed E-state index contributed by atoms with van der Waals surface area (Å²) in [6.07, 6.45) is -0.207. The van der Waals surface area contributed by atoms with Crippen molar-refractivity contribution >= 4 is 34.2 Å². The number of anilines is 2. The third kappa shape index (κ3) is 5.09. The maximum Gasteiger partial charge on any atom is 0.255 e. The molecule has 37 heavy (non-hydrogen) atoms. The van der Waals surface area contributed by atoms with Crippen LogP contribution in [0.3, 0.4) is 0 Å². The molecule has 2 amide bonds. The topological polar surface area (TPSA) is 148 Å². The van der Waals surface area contributed by atoms with Crippen LogP contribution >= 0.6 is 0 Å². The molecular weight excluding hydrogens is 471 g/mol. The van der Waals surface area contributed by atoms with Crippen molar-refractivity contribution in [3.05, 3.63) is 82.9 Å². The molecule has 0 bridgehead atoms. The molecule has 1 aromatic heterocycles. The lowest BCUT2D eigenvalue weighted by atomic mass is 9.85. The Balaban J connectivity index is 1.69. The number of hydrogen-bond donors (Lipinski definition) is 3. The van der Waals surface area contributed by atoms with Crippen LogP contribution in [0.25, 0.3) is 22.0 Å². The fourth-order valence-electron chi connectivity index (χ4n) is 4.01. The molecule has 9 heteroatoms. The molecule has 1 heterocycles. The van der Waals surface area contributed by atoms with Crippen LogP contribution in [-0.2, 0) is 16.6 Å². The first-order chi connectivity index (χ1) is 17.5. The Labute approximate surface area is 213 Å². The minimum atomic E-state index is -0.743. The van der Waals surface area contributed by atoms with Gasteiger partial charge in [-0.25, -0.2) is 14.4 Å². The zero-order valence-corrected chi connectivity index (χ0v) is 20.6. The predicted molar refractivity (Wildman–Crippen MR) is 140 cm³/mol. The molecule has 8 nitrogen and oxygen atoms in total. The highest BCUT2D eigenvalue weighted by molar-refractivity contribution is 6.05. The fourth-order valence-corrected chi connectivity index (χ4v) is 4.01. The van der Waals surface area contributed by atoms with Crippen molar-refractivity contribution in [3.63, 3.8) is 0 Å². The van der Waals surface area contributed by atoms with Gasteiger partial charge in [-0.15, -0.1) is 0 Å². The number of carbonyl (C=O) groups is 2. The Morgan fingerprint density at radius 1 is 1.08 bits per heavy atom. The van der Waals surface area contributed by atoms with Gasteiger partial charge in [0.05, 0.1) is 28.8 Å². The lowest BCUT2D eigenvalue weighted by Gasteiger charge is -2.17. The summed E-state index contributed by atoms with van der Waals surface area (Å²) in [5, 5.41) is 12.3. The van der Waals surface area contributed by atoms with Gasteiger partial charge in [0.15, 0.2) is 0 Å². The Hall–Kier alpha value is -4.84. The molecule has 3 aromatic carbocycles. The van der Waals surface area contributed by atoms with Crippen LogP contribution < -0.4 is 16.8 Å². The number of nitriles is 1. The number of nitrogen functional groups attached to an aromatic ring is 1. The summed E-state index contributed by atoms with van der Waals surface area (Å²) < 4.78 is 15.7. The van der Waals surface area contributed by atoms with E-state index in [1.54, 1.807) is 68.4 Å². The van der Waals surface area contributed by atoms with Gasteiger partial charge in [-0.2, -0.15) is 5.26 Å². The van der Waals surface area contributed by atoms with Gasteiger partial charge in [0.25, 0.3) is 5.91 Å². The van der Waals surface area contributed by atoms with Crippen molar-refractivity contribution in [2.45, 2.75) is 32.6 Å². The van der Waals surface area contributed by atoms with E-state index in [0.717, 1.165) is 11.1 Å². The van der Waals surface area contributed by atoms with Crippen molar-refractivity contribution < 1.29 is 14.0 Å². The number of aromatic nitrogens is 2. The summed E-state index contributed by atoms with van der Waals surface area (Å²) in [5.41, 5.74) is 13.9. The first-order valence-electron chi connectivity index (χ1n) is 11.5. The van der Waals surface area contributed by atoms with E-state index in [2.05, 4.69) is 21.4 Å². The third-order valence-electron chi connectivity index (χ3n) is 6.12. The SMILES string of the molecule is Cc1ccc(NC(=O)c2cccc(C(C)(C)C#N)c2)cc1-c1ccc2nc(CC(N)=O)nc(N)c2c1F. The number of amides is 2. The normalized spacial score (nSPS) is 11.2. The van der Waals surface area contributed by atoms with Crippen LogP contribution in [0.15, 0.2) is 54.6 Å². The first kappa shape index (κ1) is 25.3. The fraction of sp³-hybridized carbons (Fsp3) is 0.179. The standard InChI is InChI=1S/C28H25FN6O2/c1-15-7-8-18(33-27(37)16-5-4-6-17(11-16)28(2,3)14-30)12-20(15)19-9-10-21-24(25(19)29)26(32)35-23(34-21)13-22(31)36/h4-12H,13H2,1-3H3,(H2,31,36)(H,33,37)(H2,32,34,35). The van der Waals surface area contributed by atoms with E-state index < -0.39 is 17.1 Å². The molecule has 0 saturated carbocycles. The Bertz CT molecular complexity index is 1610. The second-order valence-electron chi connectivity index (χ2n) is 9.29. The van der Waals surface area contributed by atoms with Gasteiger partial charge >= 0.3 is 0 Å². The molecule has 0 aliphatic rings. The highest BCUT2D eigenvalue weighted by atomic mass is 19.1. The maximum atomic E-state index is 15.7. The molecule has 0 spiro atoms. The van der Waals surface area contributed by atoms with E-state index in [1.165, 1.54) is 0 Å². The number of hydrogen-bond acceptors (Lipinski definition) is 6. The van der Waals surface area contributed by atoms with E-state index >= 15 is 4.39 Å². The minimum Gasteiger partial charge on any atom is -0.383 e. The molecule has 186 valence electrons. The van der Waals surface area contributed by atoms with Crippen LogP contribution in [0.1, 0.15) is 41.2 Å². The van der Waals surface area contributed by atoms with Crippen LogP contribution in [0.2, 0.25) is 0 Å². The number of halogens is 1. The number of nitrogens with one attached hydrogen (secondary N) is 1. The van der Waals surface area contributed by atoms with Gasteiger partial charge in [-0.3, -0.25) is 9.59 Å². The molecule has 0 aliphatic heterocycles. The number of primary amides is 1. The lowest BCUT2D eigenvalue weighted by molar-refractivity contribution is -0.117. The summed E-state index contributed by atoms with van der Waals surface area (Å²) in [6.45, 7) is 5.39. The summed E-state index contributed by atoms with van der Waals surface area (Å²) in [4.78, 5) is 32.4. The average Bonchev–Trinajstić information content (AvgIpc) is 2.85. The maximum absolute atomic E-state index is 15.7. The van der Waals surface area contributed by atoms with Crippen LogP contribution in [0, 0.1) is 24.1 Å². The Kier molecular flexibility index (Phi) is 6.60. The molecule has 0 aliphatic carbocycles. The minimum absolute atomic E-state index is 0.0384. The van der Waals surface area contributed by atoms with Crippen molar-refractivity contribution in [1.82, 2.24) is 9.97 Å². The zero-order chi connectivity index (χ0) is 26.9. The van der Waals surface area contributed by atoms with Crippen LogP contribution in [0.5, 0.6) is 0 Å². The van der Waals surface area contributed by atoms with Crippen LogP contribution in [0.4, 0.5) is 15.9 Å². The summed E-state index contributed by atoms with van der Waals surface area (Å²) in [6, 6.07) is 17.5. The summed E-state index contributed by atoms with van der Waals surface area (Å²) in [7, 11) is 0. The number of aryl methyl sites for hydroxylation is 1. The Morgan fingerprint density at radius 3 is 2.54 bits per heavy atom. The van der Waals surface area contributed by atoms with Crippen LogP contribution in [-0.4, -0.2) is 21.8 Å². The van der Waals surface area contributed by atoms with E-state index in [1.807, 2.05) is 6.92 Å². The average molecular weight is 497 g/mol. The van der Waals surface area contributed by atoms with Gasteiger partial charge in [0.1, 0.15) is 17.5 Å². The predicted octanol–water partition coefficient (Wildman–Crippen LogP) is 4.41. The number of carbonyl (C=O) groups excluding carboxylic acids is 2. The van der Waals surface area contributed by atoms with Crippen molar-refractivity contribution in [1.29, 1.82) is 5.26 Å². The zero-order valence-electron chi connectivity index (χ0n) is 20.6. The third-order valence-corrected chi connectivity index (χ3v) is 6.12. The van der Waals surface area contributed by atoms with E-state index in [4.69, 9.17) is 11.5 Å². The second kappa shape index (κ2) is 9.66. The highest BCUT2D eigenvalue weighted by Crippen LogP contribution is 2.34. The number of nitrogens with zero attached hydrogens (tertiary/aromatic N) is 3. The number of nitrogens with two attached hydrogens (primary N) is 2. The van der Waals surface area contributed by atoms with Gasteiger partial charge in [0, 0.05) is 16.8 Å². The second-order valence-corrected chi connectivity index (χ2v) is 9.29. The molecule has 0 radical (unpaired) electrons. The molecule has 0 atom stereocenters. The van der Waals surface area contributed by atoms with Gasteiger partial charge in [-0.05, 0) is 73.9 Å². The highest BCUT2D eigenvalue weighted by Gasteiger charge is 2.21. The number of benzene rings is 3. The number of fused-ring (bicyclic) bond motifs is 1. The quantitative estimate of drug-likeness (QED) is 0.360. The van der Waals surface area contributed by atoms with Gasteiger partial charge < -0.3 is 16.8 Å². The number of rotatable bonds is 6. The van der Waals surface area contributed by atoms with E-state index in [-0.39, 0.29) is 40.4 Å². The molecule has 4 aromatic rings. The van der Waals surface area contributed by atoms with Crippen molar-refractivity contribution in [2.24, 2.45) is 5.73 Å². The molecule has 4 rings (SSSR count).